The zero-order valence-corrected chi connectivity index (χ0v) is 30.6. The summed E-state index contributed by atoms with van der Waals surface area (Å²) in [6.45, 7) is 2.16. The highest BCUT2D eigenvalue weighted by Gasteiger charge is 2.53. The van der Waals surface area contributed by atoms with Crippen LogP contribution in [-0.4, -0.2) is 5.71 Å². The van der Waals surface area contributed by atoms with Gasteiger partial charge in [-0.25, -0.2) is 0 Å². The first-order valence-corrected chi connectivity index (χ1v) is 18.9. The molecule has 2 aliphatic rings. The Morgan fingerprint density at radius 1 is 0.473 bits per heavy atom. The van der Waals surface area contributed by atoms with E-state index in [9.17, 15) is 0 Å². The standard InChI is InChI=1S/C40H26.C13H12N2/c1-25-18-20-27(21-19-25)34-24-37-38(32-15-5-4-12-29(32)34)33-23-22-26-10-2-3-11-28(26)39(33)40(37)35-16-8-6-13-30(35)31-14-7-9-17-36(31)40;14-12-9-5-4-8-11(12)13(15)10-6-2-1-3-7-10/h2-24H,1H3;1-9,15H,14H2. The van der Waals surface area contributed by atoms with Crippen LogP contribution >= 0.6 is 0 Å². The molecule has 0 bridgehead atoms. The molecule has 0 atom stereocenters. The van der Waals surface area contributed by atoms with Crippen molar-refractivity contribution in [3.8, 4) is 33.4 Å². The van der Waals surface area contributed by atoms with Gasteiger partial charge in [0.2, 0.25) is 0 Å². The molecule has 0 aliphatic heterocycles. The van der Waals surface area contributed by atoms with Gasteiger partial charge in [0, 0.05) is 16.8 Å². The highest BCUT2D eigenvalue weighted by Crippen LogP contribution is 2.65. The molecule has 0 unspecified atom stereocenters. The number of nitrogens with two attached hydrogens (primary N) is 1. The van der Waals surface area contributed by atoms with Crippen molar-refractivity contribution in [2.24, 2.45) is 0 Å². The van der Waals surface area contributed by atoms with Crippen molar-refractivity contribution in [2.45, 2.75) is 12.3 Å². The van der Waals surface area contributed by atoms with E-state index < -0.39 is 0 Å². The van der Waals surface area contributed by atoms with Crippen molar-refractivity contribution >= 4 is 32.9 Å². The molecule has 3 N–H and O–H groups in total. The number of fused-ring (bicyclic) bond motifs is 14. The molecular weight excluding hydrogens is 665 g/mol. The molecule has 2 aliphatic carbocycles. The van der Waals surface area contributed by atoms with Gasteiger partial charge >= 0.3 is 0 Å². The predicted molar refractivity (Wildman–Crippen MR) is 231 cm³/mol. The normalized spacial score (nSPS) is 12.7. The molecule has 9 aromatic rings. The maximum atomic E-state index is 8.03. The number of para-hydroxylation sites is 1. The number of nitrogens with one attached hydrogen (secondary N) is 1. The average molecular weight is 703 g/mol. The Bertz CT molecular complexity index is 2910. The monoisotopic (exact) mass is 702 g/mol. The van der Waals surface area contributed by atoms with Crippen LogP contribution in [0.4, 0.5) is 5.69 Å². The van der Waals surface area contributed by atoms with E-state index in [0.29, 0.717) is 11.4 Å². The molecule has 2 heteroatoms. The van der Waals surface area contributed by atoms with Crippen LogP contribution in [0.5, 0.6) is 0 Å². The van der Waals surface area contributed by atoms with Crippen LogP contribution in [0.3, 0.4) is 0 Å². The fraction of sp³-hybridized carbons (Fsp3) is 0.0377. The number of benzene rings is 9. The third kappa shape index (κ3) is 4.92. The Balaban J connectivity index is 0.000000209. The fourth-order valence-electron chi connectivity index (χ4n) is 9.23. The summed E-state index contributed by atoms with van der Waals surface area (Å²) in [5.74, 6) is 0. The Kier molecular flexibility index (Phi) is 7.60. The highest BCUT2D eigenvalue weighted by atomic mass is 14.6. The van der Waals surface area contributed by atoms with E-state index >= 15 is 0 Å². The van der Waals surface area contributed by atoms with Crippen LogP contribution in [0.25, 0.3) is 54.9 Å². The molecule has 0 radical (unpaired) electrons. The van der Waals surface area contributed by atoms with Gasteiger partial charge in [0.25, 0.3) is 0 Å². The van der Waals surface area contributed by atoms with E-state index in [0.717, 1.165) is 11.1 Å². The summed E-state index contributed by atoms with van der Waals surface area (Å²) in [4.78, 5) is 0. The molecular formula is C53H38N2. The van der Waals surface area contributed by atoms with E-state index in [1.165, 1.54) is 82.7 Å². The van der Waals surface area contributed by atoms with Gasteiger partial charge in [-0.15, -0.1) is 0 Å². The van der Waals surface area contributed by atoms with Crippen molar-refractivity contribution in [3.05, 3.63) is 233 Å². The summed E-state index contributed by atoms with van der Waals surface area (Å²) in [7, 11) is 0. The van der Waals surface area contributed by atoms with Gasteiger partial charge in [-0.2, -0.15) is 0 Å². The molecule has 0 aromatic heterocycles. The van der Waals surface area contributed by atoms with Crippen molar-refractivity contribution < 1.29 is 0 Å². The number of hydrogen-bond acceptors (Lipinski definition) is 2. The van der Waals surface area contributed by atoms with Gasteiger partial charge in [0.1, 0.15) is 0 Å². The number of anilines is 1. The molecule has 55 heavy (non-hydrogen) atoms. The highest BCUT2D eigenvalue weighted by molar-refractivity contribution is 6.15. The first-order chi connectivity index (χ1) is 27.1. The molecule has 260 valence electrons. The molecule has 0 amide bonds. The third-order valence-corrected chi connectivity index (χ3v) is 11.6. The number of aryl methyl sites for hydroxylation is 1. The summed E-state index contributed by atoms with van der Waals surface area (Å²) >= 11 is 0. The second-order valence-corrected chi connectivity index (χ2v) is 14.6. The quantitative estimate of drug-likeness (QED) is 0.140. The second-order valence-electron chi connectivity index (χ2n) is 14.6. The first-order valence-electron chi connectivity index (χ1n) is 18.9. The molecule has 2 nitrogen and oxygen atoms in total. The van der Waals surface area contributed by atoms with Crippen LogP contribution in [0.2, 0.25) is 0 Å². The van der Waals surface area contributed by atoms with Crippen LogP contribution in [0.1, 0.15) is 38.9 Å². The smallest absolute Gasteiger partial charge is 0.0731 e. The molecule has 9 aromatic carbocycles. The molecule has 0 heterocycles. The topological polar surface area (TPSA) is 49.9 Å². The third-order valence-electron chi connectivity index (χ3n) is 11.6. The minimum Gasteiger partial charge on any atom is -0.398 e. The average Bonchev–Trinajstić information content (AvgIpc) is 3.72. The zero-order chi connectivity index (χ0) is 37.1. The predicted octanol–water partition coefficient (Wildman–Crippen LogP) is 13.0. The summed E-state index contributed by atoms with van der Waals surface area (Å²) in [5, 5.41) is 13.3. The summed E-state index contributed by atoms with van der Waals surface area (Å²) in [6, 6.07) is 69.4. The zero-order valence-electron chi connectivity index (χ0n) is 30.6. The van der Waals surface area contributed by atoms with Gasteiger partial charge in [-0.3, -0.25) is 5.41 Å². The lowest BCUT2D eigenvalue weighted by molar-refractivity contribution is 0.802. The van der Waals surface area contributed by atoms with Gasteiger partial charge < -0.3 is 5.73 Å². The summed E-state index contributed by atoms with van der Waals surface area (Å²) in [6.07, 6.45) is 0. The maximum Gasteiger partial charge on any atom is 0.0731 e. The van der Waals surface area contributed by atoms with E-state index in [1.54, 1.807) is 0 Å². The Hall–Kier alpha value is -7.03. The summed E-state index contributed by atoms with van der Waals surface area (Å²) < 4.78 is 0. The van der Waals surface area contributed by atoms with Crippen LogP contribution < -0.4 is 5.73 Å². The lowest BCUT2D eigenvalue weighted by Gasteiger charge is -2.32. The molecule has 11 rings (SSSR count). The van der Waals surface area contributed by atoms with Crippen LogP contribution in [-0.2, 0) is 5.41 Å². The van der Waals surface area contributed by atoms with Crippen molar-refractivity contribution in [2.75, 3.05) is 5.73 Å². The molecule has 0 saturated carbocycles. The Labute approximate surface area is 321 Å². The van der Waals surface area contributed by atoms with Crippen LogP contribution in [0.15, 0.2) is 194 Å². The van der Waals surface area contributed by atoms with Gasteiger partial charge in [0.05, 0.1) is 11.1 Å². The molecule has 0 fully saturated rings. The molecule has 0 saturated heterocycles. The molecule has 1 spiro atoms. The van der Waals surface area contributed by atoms with E-state index in [2.05, 4.69) is 146 Å². The number of nitrogen functional groups attached to an aromatic ring is 1. The van der Waals surface area contributed by atoms with Crippen LogP contribution in [0, 0.1) is 12.3 Å². The minimum atomic E-state index is -0.387. The number of rotatable bonds is 3. The first kappa shape index (κ1) is 32.6. The van der Waals surface area contributed by atoms with Gasteiger partial charge in [-0.1, -0.05) is 188 Å². The second kappa shape index (κ2) is 12.8. The van der Waals surface area contributed by atoms with Crippen molar-refractivity contribution in [1.82, 2.24) is 0 Å². The largest absolute Gasteiger partial charge is 0.398 e. The lowest BCUT2D eigenvalue weighted by atomic mass is 9.69. The SMILES string of the molecule is Cc1ccc(-c2cc3c(c4ccccc24)-c2ccc4ccccc4c2C32c3ccccc3-c3ccccc32)cc1.N=C(c1ccccc1)c1ccccc1N. The van der Waals surface area contributed by atoms with Gasteiger partial charge in [0.15, 0.2) is 0 Å². The maximum absolute atomic E-state index is 8.03. The van der Waals surface area contributed by atoms with Crippen molar-refractivity contribution in [1.29, 1.82) is 5.41 Å². The van der Waals surface area contributed by atoms with Gasteiger partial charge in [-0.05, 0) is 96.2 Å². The Morgan fingerprint density at radius 2 is 1.05 bits per heavy atom. The minimum absolute atomic E-state index is 0.387. The Morgan fingerprint density at radius 3 is 1.76 bits per heavy atom. The van der Waals surface area contributed by atoms with E-state index in [1.807, 2.05) is 54.6 Å². The summed E-state index contributed by atoms with van der Waals surface area (Å²) in [5.41, 5.74) is 23.1. The number of hydrogen-bond donors (Lipinski definition) is 2. The fourth-order valence-corrected chi connectivity index (χ4v) is 9.23. The lowest BCUT2D eigenvalue weighted by Crippen LogP contribution is -2.26. The van der Waals surface area contributed by atoms with E-state index in [-0.39, 0.29) is 5.41 Å². The van der Waals surface area contributed by atoms with Crippen molar-refractivity contribution in [3.63, 3.8) is 0 Å². The van der Waals surface area contributed by atoms with E-state index in [4.69, 9.17) is 11.1 Å².